The van der Waals surface area contributed by atoms with E-state index in [0.29, 0.717) is 12.0 Å². The van der Waals surface area contributed by atoms with E-state index in [0.717, 1.165) is 31.7 Å². The van der Waals surface area contributed by atoms with Gasteiger partial charge in [0.25, 0.3) is 0 Å². The van der Waals surface area contributed by atoms with E-state index in [1.807, 2.05) is 0 Å². The van der Waals surface area contributed by atoms with Crippen LogP contribution in [0.5, 0.6) is 0 Å². The predicted molar refractivity (Wildman–Crippen MR) is 60.1 cm³/mol. The molecule has 1 atom stereocenters. The van der Waals surface area contributed by atoms with Crippen molar-refractivity contribution in [2.24, 2.45) is 0 Å². The van der Waals surface area contributed by atoms with Gasteiger partial charge in [-0.05, 0) is 24.1 Å². The zero-order valence-electron chi connectivity index (χ0n) is 9.55. The molecule has 0 radical (unpaired) electrons. The Hall–Kier alpha value is -0.960. The highest BCUT2D eigenvalue weighted by atomic mass is 19.1. The molecule has 0 saturated heterocycles. The smallest absolute Gasteiger partial charge is 0.126 e. The summed E-state index contributed by atoms with van der Waals surface area (Å²) in [6.07, 6.45) is 3.98. The predicted octanol–water partition coefficient (Wildman–Crippen LogP) is 3.97. The maximum absolute atomic E-state index is 12.9. The molecule has 90 valence electrons. The van der Waals surface area contributed by atoms with Gasteiger partial charge < -0.3 is 5.11 Å². The summed E-state index contributed by atoms with van der Waals surface area (Å²) in [5.41, 5.74) is 0.328. The van der Waals surface area contributed by atoms with Crippen LogP contribution in [0.25, 0.3) is 0 Å². The fourth-order valence-electron chi connectivity index (χ4n) is 1.70. The summed E-state index contributed by atoms with van der Waals surface area (Å²) < 4.78 is 25.8. The molecule has 16 heavy (non-hydrogen) atoms. The molecule has 1 unspecified atom stereocenters. The Labute approximate surface area is 95.1 Å². The molecule has 0 spiro atoms. The fraction of sp³-hybridized carbons (Fsp3) is 0.538. The molecule has 1 rings (SSSR count). The van der Waals surface area contributed by atoms with Crippen LogP contribution < -0.4 is 0 Å². The zero-order valence-corrected chi connectivity index (χ0v) is 9.55. The van der Waals surface area contributed by atoms with E-state index in [2.05, 4.69) is 6.92 Å². The topological polar surface area (TPSA) is 20.2 Å². The van der Waals surface area contributed by atoms with Crippen molar-refractivity contribution in [1.29, 1.82) is 0 Å². The van der Waals surface area contributed by atoms with Gasteiger partial charge >= 0.3 is 0 Å². The molecule has 0 heterocycles. The van der Waals surface area contributed by atoms with Gasteiger partial charge in [0.15, 0.2) is 0 Å². The van der Waals surface area contributed by atoms with E-state index in [9.17, 15) is 13.9 Å². The van der Waals surface area contributed by atoms with Gasteiger partial charge in [-0.25, -0.2) is 8.78 Å². The molecule has 0 bridgehead atoms. The number of hydrogen-bond donors (Lipinski definition) is 1. The third kappa shape index (κ3) is 4.27. The SMILES string of the molecule is CCCCCCC(O)c1cc(F)cc(F)c1. The van der Waals surface area contributed by atoms with E-state index in [4.69, 9.17) is 0 Å². The molecule has 1 N–H and O–H groups in total. The van der Waals surface area contributed by atoms with E-state index >= 15 is 0 Å². The average Bonchev–Trinajstić information content (AvgIpc) is 2.22. The highest BCUT2D eigenvalue weighted by Gasteiger charge is 2.09. The highest BCUT2D eigenvalue weighted by molar-refractivity contribution is 5.20. The van der Waals surface area contributed by atoms with Gasteiger partial charge in [0, 0.05) is 6.07 Å². The molecule has 0 amide bonds. The minimum absolute atomic E-state index is 0.328. The first-order valence-corrected chi connectivity index (χ1v) is 5.77. The minimum Gasteiger partial charge on any atom is -0.388 e. The third-order valence-electron chi connectivity index (χ3n) is 2.60. The molecule has 0 aliphatic carbocycles. The standard InChI is InChI=1S/C13H18F2O/c1-2-3-4-5-6-13(16)10-7-11(14)9-12(15)8-10/h7-9,13,16H,2-6H2,1H3. The maximum Gasteiger partial charge on any atom is 0.126 e. The Balaban J connectivity index is 2.48. The lowest BCUT2D eigenvalue weighted by atomic mass is 10.0. The molecular formula is C13H18F2O. The Bertz CT molecular complexity index is 305. The average molecular weight is 228 g/mol. The van der Waals surface area contributed by atoms with E-state index in [-0.39, 0.29) is 0 Å². The van der Waals surface area contributed by atoms with Gasteiger partial charge in [0.1, 0.15) is 11.6 Å². The number of halogens is 2. The second-order valence-corrected chi connectivity index (χ2v) is 4.07. The van der Waals surface area contributed by atoms with Crippen molar-refractivity contribution in [1.82, 2.24) is 0 Å². The lowest BCUT2D eigenvalue weighted by Gasteiger charge is -2.10. The summed E-state index contributed by atoms with van der Waals surface area (Å²) in [6.45, 7) is 2.11. The molecule has 1 aromatic rings. The van der Waals surface area contributed by atoms with Gasteiger partial charge in [-0.2, -0.15) is 0 Å². The van der Waals surface area contributed by atoms with E-state index < -0.39 is 17.7 Å². The number of aliphatic hydroxyl groups excluding tert-OH is 1. The summed E-state index contributed by atoms with van der Waals surface area (Å²) in [5.74, 6) is -1.27. The molecule has 0 aliphatic rings. The number of benzene rings is 1. The summed E-state index contributed by atoms with van der Waals surface area (Å²) in [6, 6.07) is 3.19. The number of unbranched alkanes of at least 4 members (excludes halogenated alkanes) is 3. The normalized spacial score (nSPS) is 12.8. The first-order valence-electron chi connectivity index (χ1n) is 5.77. The van der Waals surface area contributed by atoms with Gasteiger partial charge in [-0.15, -0.1) is 0 Å². The third-order valence-corrected chi connectivity index (χ3v) is 2.60. The monoisotopic (exact) mass is 228 g/mol. The first-order chi connectivity index (χ1) is 7.63. The van der Waals surface area contributed by atoms with E-state index in [1.54, 1.807) is 0 Å². The first kappa shape index (κ1) is 13.1. The van der Waals surface area contributed by atoms with Crippen LogP contribution in [0.1, 0.15) is 50.7 Å². The number of aliphatic hydroxyl groups is 1. The molecule has 0 aromatic heterocycles. The van der Waals surface area contributed by atoms with Crippen molar-refractivity contribution in [3.63, 3.8) is 0 Å². The van der Waals surface area contributed by atoms with Crippen LogP contribution in [0, 0.1) is 11.6 Å². The van der Waals surface area contributed by atoms with Crippen molar-refractivity contribution in [2.45, 2.75) is 45.1 Å². The number of hydrogen-bond acceptors (Lipinski definition) is 1. The summed E-state index contributed by atoms with van der Waals surface area (Å²) in [4.78, 5) is 0. The Morgan fingerprint density at radius 1 is 1.06 bits per heavy atom. The second-order valence-electron chi connectivity index (χ2n) is 4.07. The summed E-state index contributed by atoms with van der Waals surface area (Å²) in [7, 11) is 0. The Kier molecular flexibility index (Phi) is 5.39. The molecule has 3 heteroatoms. The molecule has 1 nitrogen and oxygen atoms in total. The van der Waals surface area contributed by atoms with Crippen molar-refractivity contribution in [2.75, 3.05) is 0 Å². The molecule has 0 aliphatic heterocycles. The van der Waals surface area contributed by atoms with Gasteiger partial charge in [-0.1, -0.05) is 32.6 Å². The van der Waals surface area contributed by atoms with Gasteiger partial charge in [0.2, 0.25) is 0 Å². The Morgan fingerprint density at radius 3 is 2.25 bits per heavy atom. The molecule has 0 saturated carbocycles. The van der Waals surface area contributed by atoms with Crippen molar-refractivity contribution in [3.8, 4) is 0 Å². The quantitative estimate of drug-likeness (QED) is 0.730. The lowest BCUT2D eigenvalue weighted by molar-refractivity contribution is 0.162. The summed E-state index contributed by atoms with van der Waals surface area (Å²) >= 11 is 0. The van der Waals surface area contributed by atoms with Crippen LogP contribution in [0.4, 0.5) is 8.78 Å². The van der Waals surface area contributed by atoms with Crippen LogP contribution in [-0.2, 0) is 0 Å². The van der Waals surface area contributed by atoms with Crippen LogP contribution in [0.2, 0.25) is 0 Å². The van der Waals surface area contributed by atoms with Crippen molar-refractivity contribution in [3.05, 3.63) is 35.4 Å². The second kappa shape index (κ2) is 6.59. The Morgan fingerprint density at radius 2 is 1.69 bits per heavy atom. The van der Waals surface area contributed by atoms with Crippen LogP contribution in [-0.4, -0.2) is 5.11 Å². The molecular weight excluding hydrogens is 210 g/mol. The fourth-order valence-corrected chi connectivity index (χ4v) is 1.70. The van der Waals surface area contributed by atoms with Crippen molar-refractivity contribution < 1.29 is 13.9 Å². The van der Waals surface area contributed by atoms with Crippen molar-refractivity contribution >= 4 is 0 Å². The van der Waals surface area contributed by atoms with Crippen LogP contribution >= 0.6 is 0 Å². The minimum atomic E-state index is -0.762. The lowest BCUT2D eigenvalue weighted by Crippen LogP contribution is -1.99. The summed E-state index contributed by atoms with van der Waals surface area (Å²) in [5, 5.41) is 9.74. The maximum atomic E-state index is 12.9. The largest absolute Gasteiger partial charge is 0.388 e. The van der Waals surface area contributed by atoms with Gasteiger partial charge in [-0.3, -0.25) is 0 Å². The zero-order chi connectivity index (χ0) is 12.0. The molecule has 1 aromatic carbocycles. The van der Waals surface area contributed by atoms with E-state index in [1.165, 1.54) is 12.1 Å². The van der Waals surface area contributed by atoms with Gasteiger partial charge in [0.05, 0.1) is 6.10 Å². The highest BCUT2D eigenvalue weighted by Crippen LogP contribution is 2.21. The number of rotatable bonds is 6. The van der Waals surface area contributed by atoms with Crippen LogP contribution in [0.15, 0.2) is 18.2 Å². The molecule has 0 fully saturated rings. The van der Waals surface area contributed by atoms with Crippen LogP contribution in [0.3, 0.4) is 0 Å².